The van der Waals surface area contributed by atoms with E-state index in [2.05, 4.69) is 10.4 Å². The zero-order valence-electron chi connectivity index (χ0n) is 19.3. The van der Waals surface area contributed by atoms with Gasteiger partial charge in [-0.3, -0.25) is 9.36 Å². The van der Waals surface area contributed by atoms with Gasteiger partial charge in [0, 0.05) is 43.5 Å². The first-order chi connectivity index (χ1) is 15.9. The first-order valence-electron chi connectivity index (χ1n) is 11.1. The number of nitrogens with one attached hydrogen (secondary N) is 1. The van der Waals surface area contributed by atoms with Gasteiger partial charge in [-0.25, -0.2) is 9.31 Å². The molecule has 0 bridgehead atoms. The van der Waals surface area contributed by atoms with E-state index in [1.54, 1.807) is 34.6 Å². The second-order valence-corrected chi connectivity index (χ2v) is 8.66. The summed E-state index contributed by atoms with van der Waals surface area (Å²) in [6.07, 6.45) is 6.74. The third kappa shape index (κ3) is 3.42. The van der Waals surface area contributed by atoms with Crippen molar-refractivity contribution in [2.45, 2.75) is 39.2 Å². The number of ether oxygens (including phenoxy) is 1. The third-order valence-corrected chi connectivity index (χ3v) is 6.66. The van der Waals surface area contributed by atoms with Gasteiger partial charge in [-0.2, -0.15) is 5.10 Å². The molecule has 33 heavy (non-hydrogen) atoms. The average molecular weight is 446 g/mol. The molecule has 0 atom stereocenters. The first kappa shape index (κ1) is 21.1. The van der Waals surface area contributed by atoms with Crippen LogP contribution in [-0.4, -0.2) is 51.2 Å². The largest absolute Gasteiger partial charge is 0.455 e. The minimum absolute atomic E-state index is 0.0149. The lowest BCUT2D eigenvalue weighted by atomic mass is 9.91. The van der Waals surface area contributed by atoms with Crippen LogP contribution in [0.2, 0.25) is 0 Å². The number of aryl methyl sites for hydroxylation is 2. The Bertz CT molecular complexity index is 1400. The van der Waals surface area contributed by atoms with E-state index < -0.39 is 0 Å². The van der Waals surface area contributed by atoms with Gasteiger partial charge in [0.1, 0.15) is 11.3 Å². The number of amides is 2. The quantitative estimate of drug-likeness (QED) is 0.501. The highest BCUT2D eigenvalue weighted by molar-refractivity contribution is 5.98. The van der Waals surface area contributed by atoms with Crippen molar-refractivity contribution in [2.75, 3.05) is 14.1 Å². The van der Waals surface area contributed by atoms with E-state index in [4.69, 9.17) is 4.74 Å². The lowest BCUT2D eigenvalue weighted by Crippen LogP contribution is -2.41. The molecule has 0 radical (unpaired) electrons. The number of carbonyl (C=O) groups is 2. The van der Waals surface area contributed by atoms with Crippen molar-refractivity contribution in [3.8, 4) is 11.5 Å². The fraction of sp³-hybridized carbons (Fsp3) is 0.320. The minimum Gasteiger partial charge on any atom is -0.455 e. The maximum atomic E-state index is 13.1. The summed E-state index contributed by atoms with van der Waals surface area (Å²) in [6.45, 7) is 3.83. The molecule has 2 amide bonds. The Morgan fingerprint density at radius 3 is 2.67 bits per heavy atom. The number of aromatic nitrogens is 3. The van der Waals surface area contributed by atoms with Crippen LogP contribution in [0, 0.1) is 13.8 Å². The number of benzene rings is 1. The highest BCUT2D eigenvalue weighted by Crippen LogP contribution is 2.33. The van der Waals surface area contributed by atoms with Crippen molar-refractivity contribution in [1.29, 1.82) is 0 Å². The monoisotopic (exact) mass is 445 g/mol. The molecule has 170 valence electrons. The standard InChI is InChI=1S/C25H27N5O3/c1-15-12-17-13-19(8-9-21(17)30(15)25(32)26-3)33-22-10-11-27-29-14-20(16(2)23(22)29)24(31)28(4)18-6-5-7-18/h8-14,18H,5-7H2,1-4H3,(H,26,32). The summed E-state index contributed by atoms with van der Waals surface area (Å²) in [5.41, 5.74) is 3.90. The summed E-state index contributed by atoms with van der Waals surface area (Å²) in [6, 6.07) is 9.52. The molecule has 0 saturated heterocycles. The molecule has 3 heterocycles. The van der Waals surface area contributed by atoms with E-state index in [-0.39, 0.29) is 11.9 Å². The lowest BCUT2D eigenvalue weighted by Gasteiger charge is -2.34. The summed E-state index contributed by atoms with van der Waals surface area (Å²) in [7, 11) is 3.49. The van der Waals surface area contributed by atoms with Crippen molar-refractivity contribution in [3.05, 3.63) is 59.5 Å². The van der Waals surface area contributed by atoms with Crippen LogP contribution in [0.25, 0.3) is 16.4 Å². The van der Waals surface area contributed by atoms with Crippen LogP contribution in [0.1, 0.15) is 40.9 Å². The molecule has 1 aromatic carbocycles. The van der Waals surface area contributed by atoms with Crippen molar-refractivity contribution in [1.82, 2.24) is 24.4 Å². The van der Waals surface area contributed by atoms with Gasteiger partial charge in [0.05, 0.1) is 17.3 Å². The van der Waals surface area contributed by atoms with Crippen molar-refractivity contribution < 1.29 is 14.3 Å². The van der Waals surface area contributed by atoms with Crippen LogP contribution in [0.4, 0.5) is 4.79 Å². The van der Waals surface area contributed by atoms with E-state index in [0.717, 1.165) is 40.5 Å². The number of rotatable bonds is 4. The Balaban J connectivity index is 1.50. The fourth-order valence-corrected chi connectivity index (χ4v) is 4.55. The van der Waals surface area contributed by atoms with Gasteiger partial charge < -0.3 is 15.0 Å². The summed E-state index contributed by atoms with van der Waals surface area (Å²) < 4.78 is 9.60. The number of hydrogen-bond donors (Lipinski definition) is 1. The average Bonchev–Trinajstić information content (AvgIpc) is 3.27. The second-order valence-electron chi connectivity index (χ2n) is 8.66. The van der Waals surface area contributed by atoms with Crippen LogP contribution >= 0.6 is 0 Å². The first-order valence-corrected chi connectivity index (χ1v) is 11.1. The summed E-state index contributed by atoms with van der Waals surface area (Å²) in [5.74, 6) is 1.28. The number of nitrogens with zero attached hydrogens (tertiary/aromatic N) is 4. The van der Waals surface area contributed by atoms with Gasteiger partial charge in [-0.1, -0.05) is 0 Å². The molecule has 0 spiro atoms. The van der Waals surface area contributed by atoms with E-state index in [9.17, 15) is 9.59 Å². The fourth-order valence-electron chi connectivity index (χ4n) is 4.55. The van der Waals surface area contributed by atoms with Gasteiger partial charge in [0.15, 0.2) is 5.75 Å². The Kier molecular flexibility index (Phi) is 5.08. The smallest absolute Gasteiger partial charge is 0.325 e. The van der Waals surface area contributed by atoms with E-state index in [0.29, 0.717) is 23.1 Å². The molecule has 1 saturated carbocycles. The second kappa shape index (κ2) is 7.95. The van der Waals surface area contributed by atoms with E-state index >= 15 is 0 Å². The normalized spacial score (nSPS) is 13.8. The molecule has 8 heteroatoms. The third-order valence-electron chi connectivity index (χ3n) is 6.66. The maximum absolute atomic E-state index is 13.1. The highest BCUT2D eigenvalue weighted by atomic mass is 16.5. The predicted molar refractivity (Wildman–Crippen MR) is 126 cm³/mol. The van der Waals surface area contributed by atoms with Crippen molar-refractivity contribution in [3.63, 3.8) is 0 Å². The minimum atomic E-state index is -0.181. The Labute approximate surface area is 191 Å². The summed E-state index contributed by atoms with van der Waals surface area (Å²) >= 11 is 0. The molecular formula is C25H27N5O3. The number of carbonyl (C=O) groups excluding carboxylic acids is 2. The lowest BCUT2D eigenvalue weighted by molar-refractivity contribution is 0.0651. The SMILES string of the molecule is CNC(=O)n1c(C)cc2cc(Oc3ccnn4cc(C(=O)N(C)C5CCC5)c(C)c34)ccc21. The molecule has 8 nitrogen and oxygen atoms in total. The van der Waals surface area contributed by atoms with Crippen LogP contribution in [-0.2, 0) is 0 Å². The molecule has 1 N–H and O–H groups in total. The van der Waals surface area contributed by atoms with Gasteiger partial charge in [-0.15, -0.1) is 0 Å². The zero-order valence-corrected chi connectivity index (χ0v) is 19.3. The molecular weight excluding hydrogens is 418 g/mol. The number of fused-ring (bicyclic) bond motifs is 2. The Morgan fingerprint density at radius 1 is 1.18 bits per heavy atom. The summed E-state index contributed by atoms with van der Waals surface area (Å²) in [4.78, 5) is 27.2. The van der Waals surface area contributed by atoms with Gasteiger partial charge in [0.25, 0.3) is 5.91 Å². The van der Waals surface area contributed by atoms with Crippen LogP contribution in [0.5, 0.6) is 11.5 Å². The van der Waals surface area contributed by atoms with E-state index in [1.807, 2.05) is 50.1 Å². The van der Waals surface area contributed by atoms with Crippen LogP contribution in [0.3, 0.4) is 0 Å². The molecule has 1 aliphatic rings. The molecule has 0 aliphatic heterocycles. The summed E-state index contributed by atoms with van der Waals surface area (Å²) in [5, 5.41) is 7.97. The highest BCUT2D eigenvalue weighted by Gasteiger charge is 2.28. The molecule has 1 fully saturated rings. The molecule has 1 aliphatic carbocycles. The van der Waals surface area contributed by atoms with Crippen molar-refractivity contribution in [2.24, 2.45) is 0 Å². The zero-order chi connectivity index (χ0) is 23.3. The topological polar surface area (TPSA) is 80.9 Å². The van der Waals surface area contributed by atoms with E-state index in [1.165, 1.54) is 6.42 Å². The van der Waals surface area contributed by atoms with Crippen molar-refractivity contribution >= 4 is 28.4 Å². The Hall–Kier alpha value is -3.81. The van der Waals surface area contributed by atoms with Crippen LogP contribution < -0.4 is 10.1 Å². The molecule has 5 rings (SSSR count). The molecule has 4 aromatic rings. The van der Waals surface area contributed by atoms with Gasteiger partial charge >= 0.3 is 6.03 Å². The maximum Gasteiger partial charge on any atom is 0.325 e. The predicted octanol–water partition coefficient (Wildman–Crippen LogP) is 4.51. The van der Waals surface area contributed by atoms with Crippen LogP contribution in [0.15, 0.2) is 42.7 Å². The van der Waals surface area contributed by atoms with Gasteiger partial charge in [-0.05, 0) is 62.9 Å². The van der Waals surface area contributed by atoms with Gasteiger partial charge in [0.2, 0.25) is 0 Å². The number of hydrogen-bond acceptors (Lipinski definition) is 4. The molecule has 3 aromatic heterocycles. The molecule has 0 unspecified atom stereocenters. The Morgan fingerprint density at radius 2 is 1.97 bits per heavy atom.